The predicted octanol–water partition coefficient (Wildman–Crippen LogP) is 3.65. The van der Waals surface area contributed by atoms with E-state index >= 15 is 0 Å². The Morgan fingerprint density at radius 3 is 2.67 bits per heavy atom. The first-order valence-corrected chi connectivity index (χ1v) is 7.13. The van der Waals surface area contributed by atoms with E-state index in [0.717, 1.165) is 4.47 Å². The van der Waals surface area contributed by atoms with Crippen LogP contribution in [0.4, 0.5) is 11.4 Å². The van der Waals surface area contributed by atoms with Crippen molar-refractivity contribution >= 4 is 44.8 Å². The minimum absolute atomic E-state index is 0.317. The third kappa shape index (κ3) is 3.66. The van der Waals surface area contributed by atoms with Crippen LogP contribution in [-0.4, -0.2) is 13.0 Å². The van der Waals surface area contributed by atoms with E-state index in [1.165, 1.54) is 0 Å². The third-order valence-corrected chi connectivity index (χ3v) is 3.65. The molecule has 2 rings (SSSR count). The van der Waals surface area contributed by atoms with Gasteiger partial charge in [-0.25, -0.2) is 0 Å². The summed E-state index contributed by atoms with van der Waals surface area (Å²) in [6, 6.07) is 10.1. The third-order valence-electron chi connectivity index (χ3n) is 2.79. The van der Waals surface area contributed by atoms with E-state index in [2.05, 4.69) is 26.7 Å². The van der Waals surface area contributed by atoms with Crippen molar-refractivity contribution in [3.63, 3.8) is 0 Å². The molecule has 0 radical (unpaired) electrons. The molecule has 2 aromatic rings. The number of hydrogen-bond donors (Lipinski definition) is 3. The Labute approximate surface area is 135 Å². The van der Waals surface area contributed by atoms with Gasteiger partial charge in [0.05, 0.1) is 22.8 Å². The molecule has 110 valence electrons. The average Bonchev–Trinajstić information content (AvgIpc) is 2.47. The molecule has 0 saturated heterocycles. The summed E-state index contributed by atoms with van der Waals surface area (Å²) in [7, 11) is 1.57. The van der Waals surface area contributed by atoms with Crippen molar-refractivity contribution in [1.29, 1.82) is 0 Å². The minimum atomic E-state index is -0.317. The molecule has 4 N–H and O–H groups in total. The zero-order valence-electron chi connectivity index (χ0n) is 11.1. The van der Waals surface area contributed by atoms with Gasteiger partial charge in [-0.15, -0.1) is 0 Å². The van der Waals surface area contributed by atoms with Crippen molar-refractivity contribution in [3.8, 4) is 5.75 Å². The smallest absolute Gasteiger partial charge is 0.257 e. The molecule has 2 aromatic carbocycles. The van der Waals surface area contributed by atoms with Crippen LogP contribution in [0.5, 0.6) is 5.75 Å². The van der Waals surface area contributed by atoms with E-state index in [0.29, 0.717) is 27.7 Å². The summed E-state index contributed by atoms with van der Waals surface area (Å²) < 4.78 is 5.88. The molecule has 0 aliphatic rings. The summed E-state index contributed by atoms with van der Waals surface area (Å²) in [4.78, 5) is 12.3. The van der Waals surface area contributed by atoms with Crippen LogP contribution in [0.15, 0.2) is 40.9 Å². The van der Waals surface area contributed by atoms with E-state index < -0.39 is 0 Å². The molecule has 7 heteroatoms. The molecule has 0 saturated carbocycles. The normalized spacial score (nSPS) is 10.1. The van der Waals surface area contributed by atoms with E-state index in [1.807, 2.05) is 0 Å². The van der Waals surface area contributed by atoms with Crippen LogP contribution >= 0.6 is 27.5 Å². The molecule has 0 unspecified atom stereocenters. The lowest BCUT2D eigenvalue weighted by Crippen LogP contribution is -2.17. The van der Waals surface area contributed by atoms with Gasteiger partial charge in [0.25, 0.3) is 5.91 Å². The van der Waals surface area contributed by atoms with Gasteiger partial charge in [0.1, 0.15) is 5.75 Å². The largest absolute Gasteiger partial charge is 0.496 e. The molecular weight excluding hydrogens is 358 g/mol. The Kier molecular flexibility index (Phi) is 5.06. The van der Waals surface area contributed by atoms with E-state index in [-0.39, 0.29) is 5.91 Å². The molecule has 0 fully saturated rings. The standard InChI is InChI=1S/C14H13BrClN3O2/c1-21-13-5-3-9(7-11(13)15)18-14(20)10-6-8(16)2-4-12(10)19-17/h2-7,19H,17H2,1H3,(H,18,20). The topological polar surface area (TPSA) is 76.4 Å². The number of nitrogen functional groups attached to an aromatic ring is 1. The van der Waals surface area contributed by atoms with Gasteiger partial charge in [-0.3, -0.25) is 10.6 Å². The number of ether oxygens (including phenoxy) is 1. The number of benzene rings is 2. The molecule has 0 atom stereocenters. The van der Waals surface area contributed by atoms with Gasteiger partial charge in [-0.05, 0) is 52.3 Å². The van der Waals surface area contributed by atoms with Crippen LogP contribution in [0.2, 0.25) is 5.02 Å². The second kappa shape index (κ2) is 6.80. The number of hydrogen-bond acceptors (Lipinski definition) is 4. The van der Waals surface area contributed by atoms with Crippen molar-refractivity contribution < 1.29 is 9.53 Å². The summed E-state index contributed by atoms with van der Waals surface area (Å²) in [6.07, 6.45) is 0. The van der Waals surface area contributed by atoms with Gasteiger partial charge in [-0.2, -0.15) is 0 Å². The highest BCUT2D eigenvalue weighted by molar-refractivity contribution is 9.10. The second-order valence-corrected chi connectivity index (χ2v) is 5.43. The molecular formula is C14H13BrClN3O2. The lowest BCUT2D eigenvalue weighted by Gasteiger charge is -2.11. The predicted molar refractivity (Wildman–Crippen MR) is 87.9 cm³/mol. The van der Waals surface area contributed by atoms with Gasteiger partial charge < -0.3 is 15.5 Å². The maximum absolute atomic E-state index is 12.3. The fraction of sp³-hybridized carbons (Fsp3) is 0.0714. The van der Waals surface area contributed by atoms with Crippen LogP contribution in [0.3, 0.4) is 0 Å². The Bertz CT molecular complexity index is 679. The quantitative estimate of drug-likeness (QED) is 0.567. The number of amides is 1. The number of carbonyl (C=O) groups excluding carboxylic acids is 1. The molecule has 0 aromatic heterocycles. The highest BCUT2D eigenvalue weighted by Gasteiger charge is 2.12. The molecule has 1 amide bonds. The first-order chi connectivity index (χ1) is 10.0. The lowest BCUT2D eigenvalue weighted by molar-refractivity contribution is 0.102. The first kappa shape index (κ1) is 15.6. The summed E-state index contributed by atoms with van der Waals surface area (Å²) in [6.45, 7) is 0. The van der Waals surface area contributed by atoms with Crippen LogP contribution in [0, 0.1) is 0 Å². The number of hydrazine groups is 1. The Morgan fingerprint density at radius 1 is 1.29 bits per heavy atom. The van der Waals surface area contributed by atoms with Crippen molar-refractivity contribution in [2.24, 2.45) is 5.84 Å². The number of rotatable bonds is 4. The van der Waals surface area contributed by atoms with Crippen LogP contribution in [-0.2, 0) is 0 Å². The molecule has 0 heterocycles. The number of carbonyl (C=O) groups is 1. The van der Waals surface area contributed by atoms with Gasteiger partial charge in [0.2, 0.25) is 0 Å². The Balaban J connectivity index is 2.26. The van der Waals surface area contributed by atoms with Crippen LogP contribution < -0.4 is 21.3 Å². The van der Waals surface area contributed by atoms with Gasteiger partial charge in [0.15, 0.2) is 0 Å². The fourth-order valence-corrected chi connectivity index (χ4v) is 2.49. The van der Waals surface area contributed by atoms with Gasteiger partial charge in [-0.1, -0.05) is 11.6 Å². The number of nitrogens with two attached hydrogens (primary N) is 1. The second-order valence-electron chi connectivity index (χ2n) is 4.14. The van der Waals surface area contributed by atoms with Crippen molar-refractivity contribution in [3.05, 3.63) is 51.5 Å². The van der Waals surface area contributed by atoms with Crippen molar-refractivity contribution in [1.82, 2.24) is 0 Å². The molecule has 0 aliphatic heterocycles. The maximum Gasteiger partial charge on any atom is 0.257 e. The summed E-state index contributed by atoms with van der Waals surface area (Å²) in [5.74, 6) is 5.76. The summed E-state index contributed by atoms with van der Waals surface area (Å²) in [5, 5.41) is 3.23. The average molecular weight is 371 g/mol. The Hall–Kier alpha value is -1.76. The summed E-state index contributed by atoms with van der Waals surface area (Å²) >= 11 is 9.28. The maximum atomic E-state index is 12.3. The zero-order chi connectivity index (χ0) is 15.4. The number of methoxy groups -OCH3 is 1. The highest BCUT2D eigenvalue weighted by Crippen LogP contribution is 2.28. The van der Waals surface area contributed by atoms with Crippen molar-refractivity contribution in [2.75, 3.05) is 17.9 Å². The molecule has 0 spiro atoms. The van der Waals surface area contributed by atoms with E-state index in [9.17, 15) is 4.79 Å². The number of anilines is 2. The monoisotopic (exact) mass is 369 g/mol. The van der Waals surface area contributed by atoms with Gasteiger partial charge in [0, 0.05) is 10.7 Å². The summed E-state index contributed by atoms with van der Waals surface area (Å²) in [5.41, 5.74) is 3.94. The number of nitrogens with one attached hydrogen (secondary N) is 2. The first-order valence-electron chi connectivity index (χ1n) is 5.96. The zero-order valence-corrected chi connectivity index (χ0v) is 13.5. The molecule has 0 aliphatic carbocycles. The van der Waals surface area contributed by atoms with Crippen LogP contribution in [0.25, 0.3) is 0 Å². The minimum Gasteiger partial charge on any atom is -0.496 e. The van der Waals surface area contributed by atoms with Gasteiger partial charge >= 0.3 is 0 Å². The molecule has 5 nitrogen and oxygen atoms in total. The van der Waals surface area contributed by atoms with E-state index in [4.69, 9.17) is 22.2 Å². The van der Waals surface area contributed by atoms with Crippen LogP contribution in [0.1, 0.15) is 10.4 Å². The van der Waals surface area contributed by atoms with Crippen molar-refractivity contribution in [2.45, 2.75) is 0 Å². The highest BCUT2D eigenvalue weighted by atomic mass is 79.9. The SMILES string of the molecule is COc1ccc(NC(=O)c2cc(Cl)ccc2NN)cc1Br. The molecule has 0 bridgehead atoms. The van der Waals surface area contributed by atoms with E-state index in [1.54, 1.807) is 43.5 Å². The lowest BCUT2D eigenvalue weighted by atomic mass is 10.1. The molecule has 21 heavy (non-hydrogen) atoms. The Morgan fingerprint density at radius 2 is 2.05 bits per heavy atom. The fourth-order valence-electron chi connectivity index (χ4n) is 1.77. The number of halogens is 2.